The molecule has 0 rings (SSSR count). The van der Waals surface area contributed by atoms with Crippen molar-refractivity contribution in [2.45, 2.75) is 26.7 Å². The topological polar surface area (TPSA) is 67.9 Å². The van der Waals surface area contributed by atoms with Crippen molar-refractivity contribution in [3.8, 4) is 0 Å². The van der Waals surface area contributed by atoms with Gasteiger partial charge in [0.25, 0.3) is 0 Å². The summed E-state index contributed by atoms with van der Waals surface area (Å²) in [7, 11) is 1.19. The Bertz CT molecular complexity index is 208. The van der Waals surface area contributed by atoms with E-state index in [1.54, 1.807) is 0 Å². The van der Waals surface area contributed by atoms with Crippen molar-refractivity contribution in [3.63, 3.8) is 0 Å². The van der Waals surface area contributed by atoms with Crippen LogP contribution >= 0.6 is 0 Å². The molecule has 0 aliphatic heterocycles. The first kappa shape index (κ1) is 13.5. The first-order valence-corrected chi connectivity index (χ1v) is 4.95. The van der Waals surface area contributed by atoms with E-state index in [4.69, 9.17) is 0 Å². The molecular formula is C9H18N2O4. The quantitative estimate of drug-likeness (QED) is 0.726. The molecular weight excluding hydrogens is 200 g/mol. The maximum absolute atomic E-state index is 11.3. The molecule has 1 N–H and O–H groups in total. The Kier molecular flexibility index (Phi) is 7.13. The lowest BCUT2D eigenvalue weighted by Gasteiger charge is -2.18. The summed E-state index contributed by atoms with van der Waals surface area (Å²) in [4.78, 5) is 28.0. The molecule has 0 spiro atoms. The number of methoxy groups -OCH3 is 1. The Labute approximate surface area is 89.5 Å². The maximum atomic E-state index is 11.3. The highest BCUT2D eigenvalue weighted by atomic mass is 16.7. The van der Waals surface area contributed by atoms with Crippen LogP contribution in [-0.2, 0) is 9.57 Å². The zero-order valence-electron chi connectivity index (χ0n) is 9.41. The molecule has 0 unspecified atom stereocenters. The van der Waals surface area contributed by atoms with Gasteiger partial charge in [-0.15, -0.1) is 5.48 Å². The second-order valence-electron chi connectivity index (χ2n) is 2.89. The number of hydroxylamine groups is 1. The SMILES string of the molecule is CCCCN(CC)C(=O)ONC(=O)OC. The number of rotatable bonds is 4. The molecule has 0 saturated heterocycles. The Morgan fingerprint density at radius 3 is 2.47 bits per heavy atom. The molecule has 0 aromatic carbocycles. The summed E-state index contributed by atoms with van der Waals surface area (Å²) >= 11 is 0. The Morgan fingerprint density at radius 2 is 2.00 bits per heavy atom. The van der Waals surface area contributed by atoms with Crippen LogP contribution in [0, 0.1) is 0 Å². The first-order valence-electron chi connectivity index (χ1n) is 4.95. The molecule has 0 fully saturated rings. The van der Waals surface area contributed by atoms with Crippen LogP contribution < -0.4 is 5.48 Å². The van der Waals surface area contributed by atoms with Crippen LogP contribution in [0.25, 0.3) is 0 Å². The number of ether oxygens (including phenoxy) is 1. The summed E-state index contributed by atoms with van der Waals surface area (Å²) in [6, 6.07) is 0. The molecule has 0 aliphatic carbocycles. The van der Waals surface area contributed by atoms with Crippen molar-refractivity contribution >= 4 is 12.2 Å². The highest BCUT2D eigenvalue weighted by Gasteiger charge is 2.13. The van der Waals surface area contributed by atoms with E-state index in [1.165, 1.54) is 12.0 Å². The minimum Gasteiger partial charge on any atom is -0.451 e. The van der Waals surface area contributed by atoms with Crippen LogP contribution in [0.15, 0.2) is 0 Å². The van der Waals surface area contributed by atoms with Crippen molar-refractivity contribution in [2.24, 2.45) is 0 Å². The summed E-state index contributed by atoms with van der Waals surface area (Å²) in [6.45, 7) is 5.04. The molecule has 0 heterocycles. The van der Waals surface area contributed by atoms with Gasteiger partial charge in [0.1, 0.15) is 0 Å². The number of unbranched alkanes of at least 4 members (excludes halogenated alkanes) is 1. The van der Waals surface area contributed by atoms with Gasteiger partial charge in [0.2, 0.25) is 0 Å². The standard InChI is InChI=1S/C9H18N2O4/c1-4-6-7-11(5-2)9(13)15-10-8(12)14-3/h4-7H2,1-3H3,(H,10,12). The number of hydrogen-bond donors (Lipinski definition) is 1. The second-order valence-corrected chi connectivity index (χ2v) is 2.89. The number of amides is 2. The van der Waals surface area contributed by atoms with Gasteiger partial charge in [-0.2, -0.15) is 0 Å². The van der Waals surface area contributed by atoms with Crippen molar-refractivity contribution in [1.82, 2.24) is 10.4 Å². The molecule has 0 atom stereocenters. The van der Waals surface area contributed by atoms with Gasteiger partial charge >= 0.3 is 12.2 Å². The van der Waals surface area contributed by atoms with Crippen LogP contribution in [0.3, 0.4) is 0 Å². The van der Waals surface area contributed by atoms with E-state index in [2.05, 4.69) is 9.57 Å². The fourth-order valence-electron chi connectivity index (χ4n) is 0.919. The molecule has 88 valence electrons. The molecule has 0 aliphatic rings. The van der Waals surface area contributed by atoms with Gasteiger partial charge in [-0.25, -0.2) is 9.59 Å². The smallest absolute Gasteiger partial charge is 0.440 e. The monoisotopic (exact) mass is 218 g/mol. The highest BCUT2D eigenvalue weighted by molar-refractivity contribution is 5.71. The minimum atomic E-state index is -0.796. The van der Waals surface area contributed by atoms with Crippen LogP contribution in [-0.4, -0.2) is 37.3 Å². The summed E-state index contributed by atoms with van der Waals surface area (Å²) in [6.07, 6.45) is 0.529. The summed E-state index contributed by atoms with van der Waals surface area (Å²) in [5.74, 6) is 0. The third-order valence-corrected chi connectivity index (χ3v) is 1.83. The number of hydrogen-bond acceptors (Lipinski definition) is 4. The minimum absolute atomic E-state index is 0.543. The zero-order valence-corrected chi connectivity index (χ0v) is 9.41. The van der Waals surface area contributed by atoms with Crippen LogP contribution in [0.1, 0.15) is 26.7 Å². The predicted molar refractivity (Wildman–Crippen MR) is 54.2 cm³/mol. The van der Waals surface area contributed by atoms with E-state index in [0.29, 0.717) is 13.1 Å². The van der Waals surface area contributed by atoms with Gasteiger partial charge in [0.05, 0.1) is 7.11 Å². The predicted octanol–water partition coefficient (Wildman–Crippen LogP) is 1.52. The molecule has 6 heteroatoms. The number of nitrogens with zero attached hydrogens (tertiary/aromatic N) is 1. The number of carbonyl (C=O) groups is 2. The number of carbonyl (C=O) groups excluding carboxylic acids is 2. The average molecular weight is 218 g/mol. The van der Waals surface area contributed by atoms with Gasteiger partial charge < -0.3 is 14.5 Å². The van der Waals surface area contributed by atoms with E-state index in [-0.39, 0.29) is 0 Å². The van der Waals surface area contributed by atoms with Crippen LogP contribution in [0.4, 0.5) is 9.59 Å². The molecule has 0 bridgehead atoms. The van der Waals surface area contributed by atoms with E-state index < -0.39 is 12.2 Å². The lowest BCUT2D eigenvalue weighted by atomic mass is 10.3. The van der Waals surface area contributed by atoms with E-state index in [0.717, 1.165) is 12.8 Å². The number of nitrogens with one attached hydrogen (secondary N) is 1. The van der Waals surface area contributed by atoms with E-state index >= 15 is 0 Å². The van der Waals surface area contributed by atoms with Gasteiger partial charge in [-0.3, -0.25) is 0 Å². The summed E-state index contributed by atoms with van der Waals surface area (Å²) in [5, 5.41) is 0. The van der Waals surface area contributed by atoms with Crippen molar-refractivity contribution < 1.29 is 19.2 Å². The molecule has 0 radical (unpaired) electrons. The molecule has 2 amide bonds. The molecule has 6 nitrogen and oxygen atoms in total. The van der Waals surface area contributed by atoms with Gasteiger partial charge in [-0.05, 0) is 13.3 Å². The van der Waals surface area contributed by atoms with Crippen LogP contribution in [0.2, 0.25) is 0 Å². The largest absolute Gasteiger partial charge is 0.451 e. The third kappa shape index (κ3) is 5.77. The average Bonchev–Trinajstić information content (AvgIpc) is 2.26. The normalized spacial score (nSPS) is 9.27. The molecule has 0 saturated carbocycles. The molecule has 0 aromatic heterocycles. The van der Waals surface area contributed by atoms with Crippen molar-refractivity contribution in [1.29, 1.82) is 0 Å². The fourth-order valence-corrected chi connectivity index (χ4v) is 0.919. The lowest BCUT2D eigenvalue weighted by Crippen LogP contribution is -2.37. The van der Waals surface area contributed by atoms with Crippen LogP contribution in [0.5, 0.6) is 0 Å². The highest BCUT2D eigenvalue weighted by Crippen LogP contribution is 1.97. The summed E-state index contributed by atoms with van der Waals surface area (Å²) in [5.41, 5.74) is 1.87. The van der Waals surface area contributed by atoms with Crippen molar-refractivity contribution in [3.05, 3.63) is 0 Å². The summed E-state index contributed by atoms with van der Waals surface area (Å²) < 4.78 is 4.25. The van der Waals surface area contributed by atoms with Gasteiger partial charge in [-0.1, -0.05) is 13.3 Å². The van der Waals surface area contributed by atoms with E-state index in [9.17, 15) is 9.59 Å². The third-order valence-electron chi connectivity index (χ3n) is 1.83. The van der Waals surface area contributed by atoms with Crippen molar-refractivity contribution in [2.75, 3.05) is 20.2 Å². The van der Waals surface area contributed by atoms with Gasteiger partial charge in [0.15, 0.2) is 0 Å². The Balaban J connectivity index is 3.87. The first-order chi connectivity index (χ1) is 7.15. The maximum Gasteiger partial charge on any atom is 0.440 e. The zero-order chi connectivity index (χ0) is 11.7. The van der Waals surface area contributed by atoms with Gasteiger partial charge in [0, 0.05) is 13.1 Å². The molecule has 15 heavy (non-hydrogen) atoms. The lowest BCUT2D eigenvalue weighted by molar-refractivity contribution is 0.0489. The second kappa shape index (κ2) is 7.90. The Morgan fingerprint density at radius 1 is 1.33 bits per heavy atom. The Hall–Kier alpha value is -1.46. The molecule has 0 aromatic rings. The van der Waals surface area contributed by atoms with E-state index in [1.807, 2.05) is 19.3 Å². The fraction of sp³-hybridized carbons (Fsp3) is 0.778.